The van der Waals surface area contributed by atoms with Crippen LogP contribution in [0.25, 0.3) is 0 Å². The minimum atomic E-state index is -0.834. The Morgan fingerprint density at radius 1 is 1.35 bits per heavy atom. The first-order valence-corrected chi connectivity index (χ1v) is 7.65. The molecule has 1 aliphatic rings. The molecule has 23 heavy (non-hydrogen) atoms. The second-order valence-corrected chi connectivity index (χ2v) is 5.84. The van der Waals surface area contributed by atoms with E-state index in [1.807, 2.05) is 13.0 Å². The third-order valence-corrected chi connectivity index (χ3v) is 4.09. The highest BCUT2D eigenvalue weighted by molar-refractivity contribution is 5.39. The Morgan fingerprint density at radius 2 is 2.17 bits per heavy atom. The van der Waals surface area contributed by atoms with Crippen molar-refractivity contribution in [3.05, 3.63) is 53.7 Å². The van der Waals surface area contributed by atoms with E-state index in [1.54, 1.807) is 24.4 Å². The average Bonchev–Trinajstić information content (AvgIpc) is 2.57. The number of ether oxygens (including phenoxy) is 1. The van der Waals surface area contributed by atoms with Crippen LogP contribution in [0.1, 0.15) is 11.4 Å². The fourth-order valence-corrected chi connectivity index (χ4v) is 2.91. The fraction of sp³-hybridized carbons (Fsp3) is 0.412. The van der Waals surface area contributed by atoms with E-state index in [4.69, 9.17) is 4.74 Å². The van der Waals surface area contributed by atoms with E-state index in [1.165, 1.54) is 6.07 Å². The van der Waals surface area contributed by atoms with Gasteiger partial charge in [-0.15, -0.1) is 0 Å². The Labute approximate surface area is 134 Å². The predicted molar refractivity (Wildman–Crippen MR) is 84.9 cm³/mol. The van der Waals surface area contributed by atoms with Gasteiger partial charge in [0.15, 0.2) is 0 Å². The normalized spacial score (nSPS) is 21.4. The van der Waals surface area contributed by atoms with Gasteiger partial charge in [0.25, 0.3) is 0 Å². The van der Waals surface area contributed by atoms with Crippen molar-refractivity contribution in [3.63, 3.8) is 0 Å². The van der Waals surface area contributed by atoms with Gasteiger partial charge in [0, 0.05) is 19.2 Å². The molecule has 1 atom stereocenters. The van der Waals surface area contributed by atoms with Crippen molar-refractivity contribution in [2.75, 3.05) is 31.2 Å². The maximum Gasteiger partial charge on any atom is 0.132 e. The monoisotopic (exact) mass is 317 g/mol. The number of aliphatic hydroxyl groups excluding tert-OH is 1. The van der Waals surface area contributed by atoms with Crippen LogP contribution in [0.2, 0.25) is 0 Å². The molecule has 0 aliphatic carbocycles. The number of aryl methyl sites for hydroxylation is 1. The quantitative estimate of drug-likeness (QED) is 0.931. The fourth-order valence-electron chi connectivity index (χ4n) is 2.91. The molecule has 1 aliphatic heterocycles. The molecule has 0 amide bonds. The van der Waals surface area contributed by atoms with Gasteiger partial charge in [-0.3, -0.25) is 0 Å². The second kappa shape index (κ2) is 6.60. The van der Waals surface area contributed by atoms with Crippen molar-refractivity contribution in [2.45, 2.75) is 18.9 Å². The largest absolute Gasteiger partial charge is 0.393 e. The summed E-state index contributed by atoms with van der Waals surface area (Å²) in [5.41, 5.74) is -0.290. The molecule has 6 heteroatoms. The van der Waals surface area contributed by atoms with E-state index in [9.17, 15) is 9.50 Å². The highest BCUT2D eigenvalue weighted by Crippen LogP contribution is 2.26. The van der Waals surface area contributed by atoms with E-state index in [0.29, 0.717) is 37.5 Å². The van der Waals surface area contributed by atoms with Crippen molar-refractivity contribution in [1.29, 1.82) is 0 Å². The number of hydrogen-bond acceptors (Lipinski definition) is 5. The van der Waals surface area contributed by atoms with Crippen molar-refractivity contribution in [2.24, 2.45) is 0 Å². The van der Waals surface area contributed by atoms with Gasteiger partial charge in [-0.1, -0.05) is 18.2 Å². The molecule has 0 radical (unpaired) electrons. The lowest BCUT2D eigenvalue weighted by atomic mass is 9.92. The standard InChI is InChI=1S/C17H20FN3O2/c1-13-19-7-6-16(20-13)21-8-9-23-17(11-21,12-22)10-14-4-2-3-5-15(14)18/h2-7,22H,8-12H2,1H3/t17-/m1/s1. The molecular formula is C17H20FN3O2. The molecule has 0 unspecified atom stereocenters. The summed E-state index contributed by atoms with van der Waals surface area (Å²) in [4.78, 5) is 10.6. The van der Waals surface area contributed by atoms with Crippen LogP contribution in [0.15, 0.2) is 36.5 Å². The number of anilines is 1. The SMILES string of the molecule is Cc1nccc(N2CCO[C@](CO)(Cc3ccccc3F)C2)n1. The number of aliphatic hydroxyl groups is 1. The maximum absolute atomic E-state index is 14.0. The first-order chi connectivity index (χ1) is 11.1. The zero-order valence-electron chi connectivity index (χ0n) is 13.1. The zero-order chi connectivity index (χ0) is 16.3. The van der Waals surface area contributed by atoms with Gasteiger partial charge in [-0.05, 0) is 24.6 Å². The summed E-state index contributed by atoms with van der Waals surface area (Å²) in [6.07, 6.45) is 2.03. The van der Waals surface area contributed by atoms with E-state index >= 15 is 0 Å². The van der Waals surface area contributed by atoms with Crippen LogP contribution >= 0.6 is 0 Å². The zero-order valence-corrected chi connectivity index (χ0v) is 13.1. The molecule has 0 spiro atoms. The number of rotatable bonds is 4. The molecule has 1 aromatic carbocycles. The molecule has 1 N–H and O–H groups in total. The van der Waals surface area contributed by atoms with E-state index in [-0.39, 0.29) is 12.4 Å². The van der Waals surface area contributed by atoms with E-state index in [0.717, 1.165) is 5.82 Å². The molecule has 1 saturated heterocycles. The summed E-state index contributed by atoms with van der Waals surface area (Å²) >= 11 is 0. The third kappa shape index (κ3) is 3.48. The Bertz CT molecular complexity index is 682. The van der Waals surface area contributed by atoms with Crippen molar-refractivity contribution in [3.8, 4) is 0 Å². The molecule has 1 aromatic heterocycles. The molecule has 2 heterocycles. The Hall–Kier alpha value is -2.05. The van der Waals surface area contributed by atoms with Crippen LogP contribution < -0.4 is 4.90 Å². The van der Waals surface area contributed by atoms with Crippen LogP contribution in [0.3, 0.4) is 0 Å². The molecule has 0 saturated carbocycles. The summed E-state index contributed by atoms with van der Waals surface area (Å²) in [7, 11) is 0. The lowest BCUT2D eigenvalue weighted by Gasteiger charge is -2.42. The number of morpholine rings is 1. The summed E-state index contributed by atoms with van der Waals surface area (Å²) < 4.78 is 19.8. The third-order valence-electron chi connectivity index (χ3n) is 4.09. The lowest BCUT2D eigenvalue weighted by Crippen LogP contribution is -2.55. The van der Waals surface area contributed by atoms with Crippen molar-refractivity contribution in [1.82, 2.24) is 9.97 Å². The maximum atomic E-state index is 14.0. The van der Waals surface area contributed by atoms with Crippen LogP contribution in [-0.4, -0.2) is 47.0 Å². The predicted octanol–water partition coefficient (Wildman–Crippen LogP) is 1.73. The molecular weight excluding hydrogens is 297 g/mol. The molecule has 3 rings (SSSR count). The smallest absolute Gasteiger partial charge is 0.132 e. The van der Waals surface area contributed by atoms with Gasteiger partial charge in [0.1, 0.15) is 23.1 Å². The van der Waals surface area contributed by atoms with Crippen LogP contribution in [0.4, 0.5) is 10.2 Å². The average molecular weight is 317 g/mol. The summed E-state index contributed by atoms with van der Waals surface area (Å²) in [6.45, 7) is 3.24. The van der Waals surface area contributed by atoms with Gasteiger partial charge >= 0.3 is 0 Å². The number of aromatic nitrogens is 2. The highest BCUT2D eigenvalue weighted by Gasteiger charge is 2.37. The van der Waals surface area contributed by atoms with Gasteiger partial charge < -0.3 is 14.7 Å². The summed E-state index contributed by atoms with van der Waals surface area (Å²) in [5, 5.41) is 9.91. The van der Waals surface area contributed by atoms with Crippen LogP contribution in [-0.2, 0) is 11.2 Å². The van der Waals surface area contributed by atoms with Crippen LogP contribution in [0, 0.1) is 12.7 Å². The van der Waals surface area contributed by atoms with Gasteiger partial charge in [-0.2, -0.15) is 0 Å². The molecule has 0 bridgehead atoms. The van der Waals surface area contributed by atoms with Gasteiger partial charge in [-0.25, -0.2) is 14.4 Å². The first kappa shape index (κ1) is 15.8. The van der Waals surface area contributed by atoms with Gasteiger partial charge in [0.05, 0.1) is 19.8 Å². The first-order valence-electron chi connectivity index (χ1n) is 7.65. The van der Waals surface area contributed by atoms with Gasteiger partial charge in [0.2, 0.25) is 0 Å². The highest BCUT2D eigenvalue weighted by atomic mass is 19.1. The summed E-state index contributed by atoms with van der Waals surface area (Å²) in [6, 6.07) is 8.43. The Balaban J connectivity index is 1.83. The number of halogens is 1. The molecule has 2 aromatic rings. The van der Waals surface area contributed by atoms with Crippen molar-refractivity contribution >= 4 is 5.82 Å². The minimum Gasteiger partial charge on any atom is -0.393 e. The van der Waals surface area contributed by atoms with Crippen molar-refractivity contribution < 1.29 is 14.2 Å². The number of nitrogens with zero attached hydrogens (tertiary/aromatic N) is 3. The number of hydrogen-bond donors (Lipinski definition) is 1. The lowest BCUT2D eigenvalue weighted by molar-refractivity contribution is -0.0873. The van der Waals surface area contributed by atoms with E-state index < -0.39 is 5.60 Å². The molecule has 1 fully saturated rings. The number of benzene rings is 1. The molecule has 5 nitrogen and oxygen atoms in total. The minimum absolute atomic E-state index is 0.179. The Kier molecular flexibility index (Phi) is 4.54. The summed E-state index contributed by atoms with van der Waals surface area (Å²) in [5.74, 6) is 1.21. The van der Waals surface area contributed by atoms with E-state index in [2.05, 4.69) is 14.9 Å². The second-order valence-electron chi connectivity index (χ2n) is 5.84. The topological polar surface area (TPSA) is 58.5 Å². The molecule has 122 valence electrons. The Morgan fingerprint density at radius 3 is 2.91 bits per heavy atom. The van der Waals surface area contributed by atoms with Crippen LogP contribution in [0.5, 0.6) is 0 Å².